The normalized spacial score (nSPS) is 10.7. The molecule has 0 bridgehead atoms. The molecule has 6 heteroatoms. The van der Waals surface area contributed by atoms with Crippen LogP contribution in [0.3, 0.4) is 0 Å². The van der Waals surface area contributed by atoms with E-state index >= 15 is 0 Å². The third-order valence-corrected chi connectivity index (χ3v) is 4.74. The van der Waals surface area contributed by atoms with Crippen molar-refractivity contribution in [1.82, 2.24) is 10.3 Å². The lowest BCUT2D eigenvalue weighted by atomic mass is 10.1. The predicted octanol–water partition coefficient (Wildman–Crippen LogP) is 3.61. The van der Waals surface area contributed by atoms with E-state index in [-0.39, 0.29) is 5.91 Å². The number of fused-ring (bicyclic) bond motifs is 1. The fraction of sp³-hybridized carbons (Fsp3) is 0.318. The number of nitrogens with zero attached hydrogens (tertiary/aromatic N) is 1. The maximum atomic E-state index is 12.4. The van der Waals surface area contributed by atoms with E-state index in [1.807, 2.05) is 61.5 Å². The predicted molar refractivity (Wildman–Crippen MR) is 113 cm³/mol. The number of nitrogens with one attached hydrogen (secondary N) is 2. The molecule has 0 aliphatic carbocycles. The first kappa shape index (κ1) is 19.6. The first-order valence-electron chi connectivity index (χ1n) is 9.31. The zero-order chi connectivity index (χ0) is 20.1. The van der Waals surface area contributed by atoms with E-state index in [1.165, 1.54) is 0 Å². The number of aromatic nitrogens is 1. The van der Waals surface area contributed by atoms with Crippen LogP contribution in [0.5, 0.6) is 11.5 Å². The molecule has 6 nitrogen and oxygen atoms in total. The maximum Gasteiger partial charge on any atom is 0.267 e. The van der Waals surface area contributed by atoms with Gasteiger partial charge in [-0.15, -0.1) is 0 Å². The average molecular weight is 381 g/mol. The van der Waals surface area contributed by atoms with Gasteiger partial charge in [0.15, 0.2) is 11.5 Å². The molecule has 2 aromatic carbocycles. The molecule has 0 radical (unpaired) electrons. The number of methoxy groups -OCH3 is 2. The molecule has 0 fully saturated rings. The lowest BCUT2D eigenvalue weighted by Gasteiger charge is -2.11. The van der Waals surface area contributed by atoms with Gasteiger partial charge in [0.2, 0.25) is 0 Å². The molecule has 1 heterocycles. The van der Waals surface area contributed by atoms with Gasteiger partial charge in [0.25, 0.3) is 5.91 Å². The molecule has 28 heavy (non-hydrogen) atoms. The number of aryl methyl sites for hydroxylation is 1. The van der Waals surface area contributed by atoms with Crippen molar-refractivity contribution in [2.24, 2.45) is 0 Å². The van der Waals surface area contributed by atoms with Crippen LogP contribution in [0, 0.1) is 0 Å². The number of rotatable bonds is 8. The molecule has 3 rings (SSSR count). The summed E-state index contributed by atoms with van der Waals surface area (Å²) in [5, 5.41) is 4.01. The Balaban J connectivity index is 1.55. The van der Waals surface area contributed by atoms with Gasteiger partial charge in [-0.05, 0) is 48.7 Å². The van der Waals surface area contributed by atoms with Gasteiger partial charge in [-0.3, -0.25) is 4.79 Å². The summed E-state index contributed by atoms with van der Waals surface area (Å²) in [6, 6.07) is 13.9. The molecule has 1 aromatic heterocycles. The topological polar surface area (TPSA) is 66.6 Å². The Morgan fingerprint density at radius 1 is 1.04 bits per heavy atom. The zero-order valence-corrected chi connectivity index (χ0v) is 16.8. The first-order valence-corrected chi connectivity index (χ1v) is 9.31. The second kappa shape index (κ2) is 8.69. The number of amides is 1. The smallest absolute Gasteiger partial charge is 0.267 e. The minimum atomic E-state index is -0.0880. The minimum absolute atomic E-state index is 0.0880. The van der Waals surface area contributed by atoms with Crippen molar-refractivity contribution in [2.45, 2.75) is 12.8 Å². The molecule has 1 amide bonds. The number of hydrogen-bond donors (Lipinski definition) is 2. The highest BCUT2D eigenvalue weighted by Gasteiger charge is 2.10. The van der Waals surface area contributed by atoms with Crippen molar-refractivity contribution in [3.63, 3.8) is 0 Å². The van der Waals surface area contributed by atoms with Crippen LogP contribution in [-0.2, 0) is 6.42 Å². The molecular formula is C22H27N3O3. The lowest BCUT2D eigenvalue weighted by Crippen LogP contribution is -2.25. The largest absolute Gasteiger partial charge is 0.493 e. The highest BCUT2D eigenvalue weighted by molar-refractivity contribution is 5.98. The van der Waals surface area contributed by atoms with Crippen LogP contribution in [0.25, 0.3) is 10.9 Å². The maximum absolute atomic E-state index is 12.4. The number of carbonyl (C=O) groups is 1. The van der Waals surface area contributed by atoms with E-state index in [9.17, 15) is 4.79 Å². The summed E-state index contributed by atoms with van der Waals surface area (Å²) in [4.78, 5) is 17.7. The number of hydrogen-bond acceptors (Lipinski definition) is 4. The van der Waals surface area contributed by atoms with E-state index in [0.717, 1.165) is 46.5 Å². The molecule has 0 spiro atoms. The van der Waals surface area contributed by atoms with E-state index in [4.69, 9.17) is 9.47 Å². The molecule has 2 N–H and O–H groups in total. The molecule has 0 aliphatic rings. The van der Waals surface area contributed by atoms with Crippen LogP contribution in [-0.4, -0.2) is 45.8 Å². The lowest BCUT2D eigenvalue weighted by molar-refractivity contribution is 0.0949. The van der Waals surface area contributed by atoms with Gasteiger partial charge in [0.1, 0.15) is 5.69 Å². The number of aromatic amines is 1. The number of benzene rings is 2. The van der Waals surface area contributed by atoms with Crippen molar-refractivity contribution in [3.8, 4) is 11.5 Å². The minimum Gasteiger partial charge on any atom is -0.493 e. The van der Waals surface area contributed by atoms with E-state index in [2.05, 4.69) is 10.3 Å². The van der Waals surface area contributed by atoms with Crippen LogP contribution >= 0.6 is 0 Å². The molecule has 0 saturated heterocycles. The van der Waals surface area contributed by atoms with Crippen LogP contribution in [0.2, 0.25) is 0 Å². The van der Waals surface area contributed by atoms with Gasteiger partial charge in [0, 0.05) is 37.2 Å². The zero-order valence-electron chi connectivity index (χ0n) is 16.8. The summed E-state index contributed by atoms with van der Waals surface area (Å²) in [6.45, 7) is 0.603. The molecular weight excluding hydrogens is 354 g/mol. The highest BCUT2D eigenvalue weighted by atomic mass is 16.5. The summed E-state index contributed by atoms with van der Waals surface area (Å²) >= 11 is 0. The van der Waals surface area contributed by atoms with E-state index in [0.29, 0.717) is 12.2 Å². The Hall–Kier alpha value is -3.15. The quantitative estimate of drug-likeness (QED) is 0.585. The summed E-state index contributed by atoms with van der Waals surface area (Å²) < 4.78 is 10.6. The molecule has 148 valence electrons. The monoisotopic (exact) mass is 381 g/mol. The van der Waals surface area contributed by atoms with Crippen molar-refractivity contribution in [1.29, 1.82) is 0 Å². The van der Waals surface area contributed by atoms with Crippen molar-refractivity contribution >= 4 is 22.5 Å². The van der Waals surface area contributed by atoms with E-state index < -0.39 is 0 Å². The van der Waals surface area contributed by atoms with Gasteiger partial charge in [0.05, 0.1) is 14.2 Å². The van der Waals surface area contributed by atoms with Crippen molar-refractivity contribution < 1.29 is 14.3 Å². The number of H-pyrrole nitrogens is 1. The first-order chi connectivity index (χ1) is 13.5. The fourth-order valence-corrected chi connectivity index (χ4v) is 3.14. The molecule has 0 saturated carbocycles. The molecule has 3 aromatic rings. The third-order valence-electron chi connectivity index (χ3n) is 4.74. The molecule has 0 unspecified atom stereocenters. The Labute approximate surface area is 165 Å². The van der Waals surface area contributed by atoms with Gasteiger partial charge in [-0.2, -0.15) is 0 Å². The molecule has 0 atom stereocenters. The summed E-state index contributed by atoms with van der Waals surface area (Å²) in [5.41, 5.74) is 3.78. The standard InChI is InChI=1S/C22H27N3O3/c1-25(2)17-9-8-16-13-19(24-18(16)14-17)22(26)23-11-5-6-15-7-10-20(27-3)21(12-15)28-4/h7-10,12-14,24H,5-6,11H2,1-4H3,(H,23,26). The number of anilines is 1. The highest BCUT2D eigenvalue weighted by Crippen LogP contribution is 2.28. The Kier molecular flexibility index (Phi) is 6.09. The van der Waals surface area contributed by atoms with Gasteiger partial charge in [-0.25, -0.2) is 0 Å². The Morgan fingerprint density at radius 3 is 2.54 bits per heavy atom. The van der Waals surface area contributed by atoms with Crippen molar-refractivity contribution in [3.05, 3.63) is 53.7 Å². The van der Waals surface area contributed by atoms with Gasteiger partial charge < -0.3 is 24.7 Å². The SMILES string of the molecule is COc1ccc(CCCNC(=O)c2cc3ccc(N(C)C)cc3[nH]2)cc1OC. The molecule has 0 aliphatic heterocycles. The van der Waals surface area contributed by atoms with Crippen LogP contribution < -0.4 is 19.7 Å². The van der Waals surface area contributed by atoms with Crippen LogP contribution in [0.1, 0.15) is 22.5 Å². The van der Waals surface area contributed by atoms with Gasteiger partial charge >= 0.3 is 0 Å². The Bertz CT molecular complexity index is 963. The summed E-state index contributed by atoms with van der Waals surface area (Å²) in [6.07, 6.45) is 1.69. The Morgan fingerprint density at radius 2 is 1.82 bits per heavy atom. The second-order valence-corrected chi connectivity index (χ2v) is 6.90. The summed E-state index contributed by atoms with van der Waals surface area (Å²) in [7, 11) is 7.24. The van der Waals surface area contributed by atoms with Crippen molar-refractivity contribution in [2.75, 3.05) is 39.8 Å². The van der Waals surface area contributed by atoms with Gasteiger partial charge in [-0.1, -0.05) is 12.1 Å². The van der Waals surface area contributed by atoms with Crippen LogP contribution in [0.15, 0.2) is 42.5 Å². The van der Waals surface area contributed by atoms with Crippen LogP contribution in [0.4, 0.5) is 5.69 Å². The fourth-order valence-electron chi connectivity index (χ4n) is 3.14. The van der Waals surface area contributed by atoms with E-state index in [1.54, 1.807) is 14.2 Å². The number of ether oxygens (including phenoxy) is 2. The summed E-state index contributed by atoms with van der Waals surface area (Å²) in [5.74, 6) is 1.35. The third kappa shape index (κ3) is 4.39. The second-order valence-electron chi connectivity index (χ2n) is 6.90. The average Bonchev–Trinajstić information content (AvgIpc) is 3.14. The number of carbonyl (C=O) groups excluding carboxylic acids is 1.